The summed E-state index contributed by atoms with van der Waals surface area (Å²) < 4.78 is 28.0. The van der Waals surface area contributed by atoms with Crippen LogP contribution in [0.3, 0.4) is 0 Å². The van der Waals surface area contributed by atoms with Crippen LogP contribution in [0.4, 0.5) is 19.3 Å². The Morgan fingerprint density at radius 1 is 1.43 bits per heavy atom. The SMILES string of the molecule is C[C@H]1CNC[C@@](NC(=O)O)(c2ccnc(F)c2NCc2ccc(F)c(Br)n2)C1. The van der Waals surface area contributed by atoms with Crippen LogP contribution >= 0.6 is 15.9 Å². The van der Waals surface area contributed by atoms with E-state index >= 15 is 0 Å². The zero-order chi connectivity index (χ0) is 20.3. The zero-order valence-corrected chi connectivity index (χ0v) is 16.7. The van der Waals surface area contributed by atoms with Gasteiger partial charge in [0.1, 0.15) is 4.60 Å². The molecule has 10 heteroatoms. The number of amides is 1. The Bertz CT molecular complexity index is 885. The Kier molecular flexibility index (Phi) is 6.09. The zero-order valence-electron chi connectivity index (χ0n) is 15.1. The molecule has 0 aromatic carbocycles. The van der Waals surface area contributed by atoms with Crippen molar-refractivity contribution in [3.05, 3.63) is 52.0 Å². The smallest absolute Gasteiger partial charge is 0.405 e. The highest BCUT2D eigenvalue weighted by molar-refractivity contribution is 9.10. The minimum atomic E-state index is -1.19. The van der Waals surface area contributed by atoms with Crippen LogP contribution in [0.15, 0.2) is 29.0 Å². The van der Waals surface area contributed by atoms with Crippen LogP contribution in [0.5, 0.6) is 0 Å². The molecule has 1 saturated heterocycles. The molecule has 1 amide bonds. The highest BCUT2D eigenvalue weighted by atomic mass is 79.9. The number of carboxylic acid groups (broad SMARTS) is 1. The molecule has 2 atom stereocenters. The van der Waals surface area contributed by atoms with Crippen molar-refractivity contribution in [1.82, 2.24) is 20.6 Å². The minimum Gasteiger partial charge on any atom is -0.465 e. The molecule has 28 heavy (non-hydrogen) atoms. The van der Waals surface area contributed by atoms with E-state index in [1.807, 2.05) is 6.92 Å². The number of rotatable bonds is 5. The summed E-state index contributed by atoms with van der Waals surface area (Å²) in [6.07, 6.45) is 0.626. The van der Waals surface area contributed by atoms with E-state index < -0.39 is 23.4 Å². The molecule has 1 aliphatic rings. The van der Waals surface area contributed by atoms with Crippen molar-refractivity contribution in [3.63, 3.8) is 0 Å². The molecule has 1 aliphatic heterocycles. The van der Waals surface area contributed by atoms with Gasteiger partial charge in [0.25, 0.3) is 0 Å². The lowest BCUT2D eigenvalue weighted by molar-refractivity contribution is 0.156. The number of nitrogens with zero attached hydrogens (tertiary/aromatic N) is 2. The number of nitrogens with one attached hydrogen (secondary N) is 3. The maximum atomic E-state index is 14.6. The normalized spacial score (nSPS) is 21.9. The van der Waals surface area contributed by atoms with Crippen molar-refractivity contribution < 1.29 is 18.7 Å². The van der Waals surface area contributed by atoms with Crippen molar-refractivity contribution in [3.8, 4) is 0 Å². The van der Waals surface area contributed by atoms with E-state index in [4.69, 9.17) is 0 Å². The van der Waals surface area contributed by atoms with Crippen LogP contribution in [0, 0.1) is 17.7 Å². The third-order valence-electron chi connectivity index (χ3n) is 4.69. The van der Waals surface area contributed by atoms with Gasteiger partial charge in [-0.2, -0.15) is 4.39 Å². The van der Waals surface area contributed by atoms with Gasteiger partial charge in [-0.3, -0.25) is 0 Å². The first-order chi connectivity index (χ1) is 13.3. The predicted octanol–water partition coefficient (Wildman–Crippen LogP) is 3.22. The van der Waals surface area contributed by atoms with E-state index in [1.165, 1.54) is 18.3 Å². The maximum Gasteiger partial charge on any atom is 0.405 e. The minimum absolute atomic E-state index is 0.0630. The molecule has 4 N–H and O–H groups in total. The molecule has 0 unspecified atom stereocenters. The van der Waals surface area contributed by atoms with E-state index in [-0.39, 0.29) is 22.8 Å². The number of hydrogen-bond donors (Lipinski definition) is 4. The summed E-state index contributed by atoms with van der Waals surface area (Å²) in [5, 5.41) is 18.1. The molecule has 7 nitrogen and oxygen atoms in total. The number of hydrogen-bond acceptors (Lipinski definition) is 5. The van der Waals surface area contributed by atoms with E-state index in [9.17, 15) is 18.7 Å². The third kappa shape index (κ3) is 4.39. The van der Waals surface area contributed by atoms with Crippen molar-refractivity contribution in [2.24, 2.45) is 5.92 Å². The lowest BCUT2D eigenvalue weighted by Gasteiger charge is -2.41. The van der Waals surface area contributed by atoms with Crippen LogP contribution in [0.25, 0.3) is 0 Å². The van der Waals surface area contributed by atoms with Gasteiger partial charge in [-0.05, 0) is 53.0 Å². The lowest BCUT2D eigenvalue weighted by atomic mass is 9.78. The average Bonchev–Trinajstić information content (AvgIpc) is 2.62. The largest absolute Gasteiger partial charge is 0.465 e. The predicted molar refractivity (Wildman–Crippen MR) is 103 cm³/mol. The van der Waals surface area contributed by atoms with Gasteiger partial charge >= 0.3 is 6.09 Å². The highest BCUT2D eigenvalue weighted by Crippen LogP contribution is 2.36. The van der Waals surface area contributed by atoms with Gasteiger partial charge < -0.3 is 21.1 Å². The summed E-state index contributed by atoms with van der Waals surface area (Å²) >= 11 is 3.02. The molecule has 0 aliphatic carbocycles. The Hall–Kier alpha value is -2.33. The molecule has 2 aromatic heterocycles. The van der Waals surface area contributed by atoms with Gasteiger partial charge in [-0.15, -0.1) is 0 Å². The van der Waals surface area contributed by atoms with Crippen LogP contribution in [0.1, 0.15) is 24.6 Å². The van der Waals surface area contributed by atoms with Crippen LogP contribution in [0.2, 0.25) is 0 Å². The molecule has 150 valence electrons. The first kappa shape index (κ1) is 20.4. The van der Waals surface area contributed by atoms with Gasteiger partial charge in [0, 0.05) is 18.3 Å². The lowest BCUT2D eigenvalue weighted by Crippen LogP contribution is -2.57. The van der Waals surface area contributed by atoms with Crippen LogP contribution < -0.4 is 16.0 Å². The number of piperidine rings is 1. The number of carbonyl (C=O) groups is 1. The van der Waals surface area contributed by atoms with Crippen molar-refractivity contribution in [1.29, 1.82) is 0 Å². The molecule has 0 bridgehead atoms. The second-order valence-electron chi connectivity index (χ2n) is 6.91. The molecule has 1 fully saturated rings. The first-order valence-corrected chi connectivity index (χ1v) is 9.51. The number of halogens is 3. The maximum absolute atomic E-state index is 14.6. The van der Waals surface area contributed by atoms with E-state index in [2.05, 4.69) is 41.8 Å². The number of anilines is 1. The average molecular weight is 456 g/mol. The summed E-state index contributed by atoms with van der Waals surface area (Å²) in [5.41, 5.74) is 0.0294. The molecular formula is C18H20BrF2N5O2. The molecule has 0 saturated carbocycles. The summed E-state index contributed by atoms with van der Waals surface area (Å²) in [6, 6.07) is 4.35. The molecule has 0 radical (unpaired) electrons. The van der Waals surface area contributed by atoms with Crippen LogP contribution in [-0.2, 0) is 12.1 Å². The monoisotopic (exact) mass is 455 g/mol. The highest BCUT2D eigenvalue weighted by Gasteiger charge is 2.40. The quantitative estimate of drug-likeness (QED) is 0.516. The fourth-order valence-corrected chi connectivity index (χ4v) is 3.94. The molecule has 2 aromatic rings. The van der Waals surface area contributed by atoms with Gasteiger partial charge in [0.05, 0.1) is 23.5 Å². The first-order valence-electron chi connectivity index (χ1n) is 8.72. The number of aromatic nitrogens is 2. The summed E-state index contributed by atoms with van der Waals surface area (Å²) in [6.45, 7) is 3.17. The Balaban J connectivity index is 1.95. The molecular weight excluding hydrogens is 436 g/mol. The summed E-state index contributed by atoms with van der Waals surface area (Å²) in [7, 11) is 0. The third-order valence-corrected chi connectivity index (χ3v) is 5.25. The molecule has 3 heterocycles. The fraction of sp³-hybridized carbons (Fsp3) is 0.389. The Labute approximate surface area is 169 Å². The summed E-state index contributed by atoms with van der Waals surface area (Å²) in [5.74, 6) is -1.06. The topological polar surface area (TPSA) is 99.2 Å². The van der Waals surface area contributed by atoms with E-state index in [0.717, 1.165) is 6.54 Å². The van der Waals surface area contributed by atoms with Crippen LogP contribution in [-0.4, -0.2) is 34.3 Å². The van der Waals surface area contributed by atoms with Crippen molar-refractivity contribution in [2.75, 3.05) is 18.4 Å². The van der Waals surface area contributed by atoms with Gasteiger partial charge in [0.2, 0.25) is 5.95 Å². The van der Waals surface area contributed by atoms with Gasteiger partial charge in [-0.1, -0.05) is 6.92 Å². The molecule has 0 spiro atoms. The van der Waals surface area contributed by atoms with E-state index in [1.54, 1.807) is 6.07 Å². The van der Waals surface area contributed by atoms with E-state index in [0.29, 0.717) is 24.2 Å². The van der Waals surface area contributed by atoms with Gasteiger partial charge in [-0.25, -0.2) is 19.2 Å². The van der Waals surface area contributed by atoms with Crippen molar-refractivity contribution in [2.45, 2.75) is 25.4 Å². The fourth-order valence-electron chi connectivity index (χ4n) is 3.58. The van der Waals surface area contributed by atoms with Crippen molar-refractivity contribution >= 4 is 27.7 Å². The number of pyridine rings is 2. The Morgan fingerprint density at radius 2 is 2.21 bits per heavy atom. The summed E-state index contributed by atoms with van der Waals surface area (Å²) in [4.78, 5) is 19.2. The second kappa shape index (κ2) is 8.36. The molecule has 3 rings (SSSR count). The standard InChI is InChI=1S/C18H20BrF2N5O2/c1-10-6-18(9-22-7-10,26-17(27)28)12-4-5-23-16(21)14(12)24-8-11-2-3-13(20)15(19)25-11/h2-5,10,22,24,26H,6-9H2,1H3,(H,27,28)/t10-,18-/m1/s1. The second-order valence-corrected chi connectivity index (χ2v) is 7.66. The van der Waals surface area contributed by atoms with Gasteiger partial charge in [0.15, 0.2) is 5.82 Å². The Morgan fingerprint density at radius 3 is 2.89 bits per heavy atom.